The summed E-state index contributed by atoms with van der Waals surface area (Å²) in [6.45, 7) is 5.25. The summed E-state index contributed by atoms with van der Waals surface area (Å²) in [7, 11) is 0. The van der Waals surface area contributed by atoms with Crippen LogP contribution in [0.4, 0.5) is 4.79 Å². The van der Waals surface area contributed by atoms with E-state index < -0.39 is 17.1 Å². The number of hydrogen-bond acceptors (Lipinski definition) is 4. The van der Waals surface area contributed by atoms with Crippen LogP contribution in [-0.4, -0.2) is 28.5 Å². The van der Waals surface area contributed by atoms with Crippen molar-refractivity contribution < 1.29 is 19.1 Å². The van der Waals surface area contributed by atoms with Crippen LogP contribution in [0.15, 0.2) is 12.2 Å². The molecule has 6 rings (SSSR count). The largest absolute Gasteiger partial charge is 0.443 e. The third-order valence-electron chi connectivity index (χ3n) is 7.08. The highest BCUT2D eigenvalue weighted by molar-refractivity contribution is 6.03. The van der Waals surface area contributed by atoms with E-state index in [9.17, 15) is 14.4 Å². The van der Waals surface area contributed by atoms with Crippen molar-refractivity contribution in [2.45, 2.75) is 45.6 Å². The van der Waals surface area contributed by atoms with Gasteiger partial charge in [-0.1, -0.05) is 12.2 Å². The van der Waals surface area contributed by atoms with Crippen LogP contribution in [0.2, 0.25) is 0 Å². The highest BCUT2D eigenvalue weighted by Gasteiger charge is 2.77. The number of hydrogen-bond donors (Lipinski definition) is 1. The fraction of sp³-hybridized carbons (Fsp3) is 0.737. The molecule has 25 heavy (non-hydrogen) atoms. The van der Waals surface area contributed by atoms with Crippen molar-refractivity contribution in [1.82, 2.24) is 10.4 Å². The molecule has 5 aliphatic carbocycles. The number of ether oxygens (including phenoxy) is 1. The van der Waals surface area contributed by atoms with Crippen molar-refractivity contribution in [2.24, 2.45) is 40.9 Å². The second kappa shape index (κ2) is 4.46. The summed E-state index contributed by atoms with van der Waals surface area (Å²) in [6, 6.07) is 0. The Morgan fingerprint density at radius 3 is 2.72 bits per heavy atom. The number of nitrogens with one attached hydrogen (secondary N) is 1. The average Bonchev–Trinajstić information content (AvgIpc) is 3.27. The molecule has 6 heteroatoms. The third-order valence-corrected chi connectivity index (χ3v) is 7.08. The second-order valence-electron chi connectivity index (χ2n) is 9.38. The molecule has 1 aliphatic heterocycles. The lowest BCUT2D eigenvalue weighted by Gasteiger charge is -2.66. The average molecular weight is 344 g/mol. The minimum Gasteiger partial charge on any atom is -0.443 e. The highest BCUT2D eigenvalue weighted by atomic mass is 16.6. The van der Waals surface area contributed by atoms with E-state index in [1.54, 1.807) is 20.8 Å². The van der Waals surface area contributed by atoms with Crippen molar-refractivity contribution in [3.63, 3.8) is 0 Å². The molecule has 4 fully saturated rings. The molecular formula is C19H24N2O4. The molecule has 3 saturated carbocycles. The van der Waals surface area contributed by atoms with Gasteiger partial charge in [-0.05, 0) is 69.1 Å². The first-order valence-corrected chi connectivity index (χ1v) is 9.29. The van der Waals surface area contributed by atoms with Crippen molar-refractivity contribution in [3.05, 3.63) is 12.2 Å². The zero-order valence-corrected chi connectivity index (χ0v) is 14.8. The van der Waals surface area contributed by atoms with Gasteiger partial charge < -0.3 is 4.74 Å². The number of imide groups is 1. The summed E-state index contributed by atoms with van der Waals surface area (Å²) >= 11 is 0. The number of rotatable bonds is 1. The highest BCUT2D eigenvalue weighted by Crippen LogP contribution is 2.77. The minimum absolute atomic E-state index is 0.133. The summed E-state index contributed by atoms with van der Waals surface area (Å²) in [4.78, 5) is 38.0. The van der Waals surface area contributed by atoms with E-state index in [4.69, 9.17) is 4.74 Å². The van der Waals surface area contributed by atoms with Crippen LogP contribution in [0.25, 0.3) is 0 Å². The van der Waals surface area contributed by atoms with E-state index in [-0.39, 0.29) is 23.7 Å². The molecule has 3 unspecified atom stereocenters. The molecule has 3 amide bonds. The third kappa shape index (κ3) is 1.83. The fourth-order valence-corrected chi connectivity index (χ4v) is 6.25. The standard InChI is InChI=1S/C19H24N2O4/c1-18(2,3)25-17(24)20-21-15(22)7-9-6-14-10-4-5-13(12-8-11(10)12)19(9,14)16(21)23/h4-5,9-14H,6-8H2,1-3H3,(H,20,24)/t9?,10?,11-,12+,13?,14-,19+/m0/s1. The van der Waals surface area contributed by atoms with Gasteiger partial charge in [0.15, 0.2) is 0 Å². The quantitative estimate of drug-likeness (QED) is 0.585. The molecule has 6 aliphatic rings. The smallest absolute Gasteiger partial charge is 0.427 e. The van der Waals surface area contributed by atoms with Crippen molar-refractivity contribution in [3.8, 4) is 0 Å². The first-order chi connectivity index (χ1) is 11.7. The van der Waals surface area contributed by atoms with E-state index in [2.05, 4.69) is 17.6 Å². The molecule has 2 bridgehead atoms. The first-order valence-electron chi connectivity index (χ1n) is 9.29. The monoisotopic (exact) mass is 344 g/mol. The van der Waals surface area contributed by atoms with Crippen molar-refractivity contribution in [2.75, 3.05) is 0 Å². The van der Waals surface area contributed by atoms with Crippen molar-refractivity contribution >= 4 is 17.9 Å². The summed E-state index contributed by atoms with van der Waals surface area (Å²) in [5, 5.41) is 0.961. The Morgan fingerprint density at radius 1 is 1.24 bits per heavy atom. The Bertz CT molecular complexity index is 723. The molecule has 0 radical (unpaired) electrons. The minimum atomic E-state index is -0.749. The van der Waals surface area contributed by atoms with Gasteiger partial charge in [0.2, 0.25) is 5.91 Å². The molecule has 0 aromatic carbocycles. The Hall–Kier alpha value is -1.85. The zero-order chi connectivity index (χ0) is 17.7. The van der Waals surface area contributed by atoms with Gasteiger partial charge in [0.1, 0.15) is 5.60 Å². The number of carbonyl (C=O) groups is 3. The van der Waals surface area contributed by atoms with E-state index in [0.717, 1.165) is 17.3 Å². The molecule has 6 nitrogen and oxygen atoms in total. The molecule has 0 aromatic rings. The van der Waals surface area contributed by atoms with E-state index in [1.807, 2.05) is 0 Å². The number of piperidine rings is 1. The molecule has 1 spiro atoms. The number of carbonyl (C=O) groups excluding carboxylic acids is 3. The number of hydrazine groups is 1. The van der Waals surface area contributed by atoms with Crippen LogP contribution >= 0.6 is 0 Å². The Kier molecular flexibility index (Phi) is 2.75. The van der Waals surface area contributed by atoms with Crippen LogP contribution in [0, 0.1) is 40.9 Å². The predicted octanol–water partition coefficient (Wildman–Crippen LogP) is 2.26. The van der Waals surface area contributed by atoms with E-state index in [1.165, 1.54) is 6.42 Å². The summed E-state index contributed by atoms with van der Waals surface area (Å²) in [6.07, 6.45) is 6.29. The van der Waals surface area contributed by atoms with Gasteiger partial charge in [0.05, 0.1) is 5.41 Å². The number of allylic oxidation sites excluding steroid dienone is 2. The number of nitrogens with zero attached hydrogens (tertiary/aromatic N) is 1. The Morgan fingerprint density at radius 2 is 2.00 bits per heavy atom. The first kappa shape index (κ1) is 15.4. The number of amides is 3. The van der Waals surface area contributed by atoms with Crippen LogP contribution in [0.5, 0.6) is 0 Å². The SMILES string of the molecule is CC(C)(C)OC(=O)NN1C(=O)CC2C[C@H]3C4C=CC([C@@H]5C[C@@H]45)[C@]23C1=O. The molecular weight excluding hydrogens is 320 g/mol. The lowest BCUT2D eigenvalue weighted by Crippen LogP contribution is -2.73. The van der Waals surface area contributed by atoms with Gasteiger partial charge in [-0.15, -0.1) is 0 Å². The summed E-state index contributed by atoms with van der Waals surface area (Å²) < 4.78 is 5.23. The fourth-order valence-electron chi connectivity index (χ4n) is 6.25. The van der Waals surface area contributed by atoms with Gasteiger partial charge in [-0.3, -0.25) is 9.59 Å². The zero-order valence-electron chi connectivity index (χ0n) is 14.8. The van der Waals surface area contributed by atoms with Gasteiger partial charge in [-0.25, -0.2) is 10.2 Å². The maximum atomic E-state index is 13.4. The molecule has 0 aromatic heterocycles. The lowest BCUT2D eigenvalue weighted by molar-refractivity contribution is -0.207. The maximum absolute atomic E-state index is 13.4. The Labute approximate surface area is 146 Å². The molecule has 134 valence electrons. The maximum Gasteiger partial charge on any atom is 0.427 e. The van der Waals surface area contributed by atoms with Crippen molar-refractivity contribution in [1.29, 1.82) is 0 Å². The van der Waals surface area contributed by atoms with Crippen LogP contribution in [0.1, 0.15) is 40.0 Å². The predicted molar refractivity (Wildman–Crippen MR) is 87.6 cm³/mol. The lowest BCUT2D eigenvalue weighted by atomic mass is 9.37. The summed E-state index contributed by atoms with van der Waals surface area (Å²) in [5.74, 6) is 1.98. The van der Waals surface area contributed by atoms with Gasteiger partial charge >= 0.3 is 6.09 Å². The summed E-state index contributed by atoms with van der Waals surface area (Å²) in [5.41, 5.74) is 1.27. The topological polar surface area (TPSA) is 75.7 Å². The normalized spacial score (nSPS) is 46.0. The van der Waals surface area contributed by atoms with Gasteiger partial charge in [0.25, 0.3) is 5.91 Å². The second-order valence-corrected chi connectivity index (χ2v) is 9.38. The molecule has 1 N–H and O–H groups in total. The van der Waals surface area contributed by atoms with Gasteiger partial charge in [0, 0.05) is 6.42 Å². The van der Waals surface area contributed by atoms with Gasteiger partial charge in [-0.2, -0.15) is 5.01 Å². The van der Waals surface area contributed by atoms with E-state index >= 15 is 0 Å². The molecule has 1 heterocycles. The van der Waals surface area contributed by atoms with Crippen LogP contribution < -0.4 is 5.43 Å². The Balaban J connectivity index is 1.44. The van der Waals surface area contributed by atoms with Crippen LogP contribution in [0.3, 0.4) is 0 Å². The van der Waals surface area contributed by atoms with Crippen LogP contribution in [-0.2, 0) is 14.3 Å². The molecule has 7 atom stereocenters. The molecule has 1 saturated heterocycles. The van der Waals surface area contributed by atoms with E-state index in [0.29, 0.717) is 24.2 Å².